The minimum atomic E-state index is -0.821. The number of nitrogens with two attached hydrogens (primary N) is 1. The second kappa shape index (κ2) is 18.9. The maximum absolute atomic E-state index is 13.1. The van der Waals surface area contributed by atoms with E-state index < -0.39 is 47.7 Å². The van der Waals surface area contributed by atoms with E-state index in [9.17, 15) is 33.6 Å². The lowest BCUT2D eigenvalue weighted by Crippen LogP contribution is -2.43. The molecule has 17 heteroatoms. The second-order valence-corrected chi connectivity index (χ2v) is 10.8. The van der Waals surface area contributed by atoms with Gasteiger partial charge < -0.3 is 35.3 Å². The van der Waals surface area contributed by atoms with Crippen LogP contribution in [0.5, 0.6) is 0 Å². The molecule has 0 aliphatic rings. The van der Waals surface area contributed by atoms with E-state index in [0.717, 1.165) is 0 Å². The first-order chi connectivity index (χ1) is 18.5. The lowest BCUT2D eigenvalue weighted by molar-refractivity contribution is -0.156. The van der Waals surface area contributed by atoms with Gasteiger partial charge in [0.1, 0.15) is 19.8 Å². The van der Waals surface area contributed by atoms with Crippen molar-refractivity contribution in [2.75, 3.05) is 32.1 Å². The molecule has 222 valence electrons. The molecule has 0 aliphatic heterocycles. The molecule has 4 N–H and O–H groups in total. The Morgan fingerprint density at radius 3 is 1.48 bits per heavy atom. The molecule has 0 aromatic heterocycles. The number of hydrogen-bond donors (Lipinski definition) is 3. The molecule has 1 aromatic carbocycles. The third-order valence-electron chi connectivity index (χ3n) is 4.10. The van der Waals surface area contributed by atoms with Crippen LogP contribution in [0.4, 0.5) is 5.69 Å². The first kappa shape index (κ1) is 37.7. The van der Waals surface area contributed by atoms with Gasteiger partial charge in [-0.15, -0.1) is 0 Å². The number of anilines is 1. The Bertz CT molecular complexity index is 1130. The van der Waals surface area contributed by atoms with Crippen molar-refractivity contribution in [3.63, 3.8) is 0 Å². The minimum absolute atomic E-state index is 0.00456. The monoisotopic (exact) mass is 903 g/mol. The third kappa shape index (κ3) is 14.4. The van der Waals surface area contributed by atoms with Crippen molar-refractivity contribution in [2.45, 2.75) is 40.7 Å². The van der Waals surface area contributed by atoms with Gasteiger partial charge in [-0.3, -0.25) is 33.6 Å². The van der Waals surface area contributed by atoms with Crippen molar-refractivity contribution in [1.29, 1.82) is 0 Å². The first-order valence-corrected chi connectivity index (χ1v) is 14.4. The lowest BCUT2D eigenvalue weighted by atomic mass is 10.1. The quantitative estimate of drug-likeness (QED) is 0.0767. The van der Waals surface area contributed by atoms with Gasteiger partial charge in [0.2, 0.25) is 0 Å². The van der Waals surface area contributed by atoms with Crippen molar-refractivity contribution < 1.29 is 52.5 Å². The third-order valence-corrected chi connectivity index (χ3v) is 7.42. The number of benzene rings is 1. The number of ether oxygens (including phenoxy) is 4. The number of rotatable bonds is 10. The summed E-state index contributed by atoms with van der Waals surface area (Å²) in [7, 11) is 0. The molecule has 0 fully saturated rings. The molecule has 1 aromatic rings. The molecule has 0 radical (unpaired) electrons. The number of nitrogens with one attached hydrogen (secondary N) is 2. The number of nitrogen functional groups attached to an aromatic ring is 1. The molecule has 2 amide bonds. The molecule has 0 unspecified atom stereocenters. The molecule has 0 saturated heterocycles. The minimum Gasteiger partial charge on any atom is -0.464 e. The topological polar surface area (TPSA) is 206 Å². The van der Waals surface area contributed by atoms with Gasteiger partial charge in [0.25, 0.3) is 11.8 Å². The molecule has 1 rings (SSSR count). The van der Waals surface area contributed by atoms with E-state index in [1.54, 1.807) is 0 Å². The molecule has 0 heterocycles. The predicted molar refractivity (Wildman–Crippen MR) is 165 cm³/mol. The molecule has 0 saturated carbocycles. The van der Waals surface area contributed by atoms with Crippen LogP contribution in [0.25, 0.3) is 0 Å². The molecule has 14 nitrogen and oxygen atoms in total. The summed E-state index contributed by atoms with van der Waals surface area (Å²) in [5, 5.41) is 5.28. The van der Waals surface area contributed by atoms with Crippen LogP contribution in [0.1, 0.15) is 55.3 Å². The largest absolute Gasteiger partial charge is 0.464 e. The highest BCUT2D eigenvalue weighted by molar-refractivity contribution is 14.1. The first-order valence-electron chi connectivity index (χ1n) is 11.1. The molecular formula is C23H28I3N3O11. The fourth-order valence-corrected chi connectivity index (χ4v) is 6.70. The van der Waals surface area contributed by atoms with Crippen LogP contribution in [0.3, 0.4) is 0 Å². The summed E-state index contributed by atoms with van der Waals surface area (Å²) >= 11 is 5.71. The molecule has 0 atom stereocenters. The zero-order valence-electron chi connectivity index (χ0n) is 22.1. The van der Waals surface area contributed by atoms with Crippen molar-refractivity contribution in [3.8, 4) is 0 Å². The molecule has 0 aliphatic carbocycles. The molecule has 0 bridgehead atoms. The predicted octanol–water partition coefficient (Wildman–Crippen LogP) is 1.70. The Balaban J connectivity index is 0.00000191. The molecule has 40 heavy (non-hydrogen) atoms. The Labute approximate surface area is 270 Å². The SMILES string of the molecule is CC(=O)OC(C)=O.CC(=O)OCCNC(=O)c1c(I)c(N)c(I)c(C(=O)NC(COC(C)=O)COC(C)=O)c1I. The Hall–Kier alpha value is -2.30. The number of hydrogen-bond acceptors (Lipinski definition) is 12. The van der Waals surface area contributed by atoms with Gasteiger partial charge in [-0.25, -0.2) is 0 Å². The summed E-state index contributed by atoms with van der Waals surface area (Å²) in [5.41, 5.74) is 6.74. The van der Waals surface area contributed by atoms with E-state index in [1.807, 2.05) is 67.8 Å². The summed E-state index contributed by atoms with van der Waals surface area (Å²) in [5.74, 6) is -3.81. The Morgan fingerprint density at radius 1 is 0.675 bits per heavy atom. The van der Waals surface area contributed by atoms with Gasteiger partial charge in [0.15, 0.2) is 0 Å². The highest BCUT2D eigenvalue weighted by atomic mass is 127. The van der Waals surface area contributed by atoms with Crippen molar-refractivity contribution in [2.24, 2.45) is 0 Å². The average Bonchev–Trinajstić information content (AvgIpc) is 2.81. The van der Waals surface area contributed by atoms with Gasteiger partial charge in [-0.2, -0.15) is 0 Å². The van der Waals surface area contributed by atoms with Crippen LogP contribution < -0.4 is 16.4 Å². The smallest absolute Gasteiger partial charge is 0.310 e. The van der Waals surface area contributed by atoms with E-state index in [0.29, 0.717) is 10.7 Å². The highest BCUT2D eigenvalue weighted by Gasteiger charge is 2.28. The van der Waals surface area contributed by atoms with Gasteiger partial charge in [-0.1, -0.05) is 0 Å². The normalized spacial score (nSPS) is 9.93. The van der Waals surface area contributed by atoms with Crippen molar-refractivity contribution in [1.82, 2.24) is 10.6 Å². The summed E-state index contributed by atoms with van der Waals surface area (Å²) in [4.78, 5) is 78.7. The number of halogens is 3. The van der Waals surface area contributed by atoms with Crippen molar-refractivity contribution in [3.05, 3.63) is 21.8 Å². The fourth-order valence-electron chi connectivity index (χ4n) is 2.56. The van der Waals surface area contributed by atoms with Crippen LogP contribution in [0.2, 0.25) is 0 Å². The Morgan fingerprint density at radius 2 is 1.10 bits per heavy atom. The maximum atomic E-state index is 13.1. The molecular weight excluding hydrogens is 875 g/mol. The van der Waals surface area contributed by atoms with Gasteiger partial charge in [0.05, 0.1) is 36.5 Å². The summed E-state index contributed by atoms with van der Waals surface area (Å²) in [6, 6.07) is -0.821. The summed E-state index contributed by atoms with van der Waals surface area (Å²) < 4.78 is 19.9. The standard InChI is InChI=1S/C19H22I3N3O8.C4H6O3/c1-8(26)31-5-4-24-18(29)12-14(20)13(16(22)17(23)15(12)21)19(30)25-11(6-32-9(2)27)7-33-10(3)28;1-3(5)7-4(2)6/h11H,4-7,23H2,1-3H3,(H,24,29)(H,25,30);1-2H3. The lowest BCUT2D eigenvalue weighted by Gasteiger charge is -2.21. The second-order valence-electron chi connectivity index (χ2n) is 7.56. The highest BCUT2D eigenvalue weighted by Crippen LogP contribution is 2.33. The van der Waals surface area contributed by atoms with Gasteiger partial charge in [-0.05, 0) is 67.8 Å². The number of esters is 5. The maximum Gasteiger partial charge on any atom is 0.310 e. The van der Waals surface area contributed by atoms with Crippen LogP contribution >= 0.6 is 67.8 Å². The van der Waals surface area contributed by atoms with E-state index in [2.05, 4.69) is 15.4 Å². The van der Waals surface area contributed by atoms with E-state index in [-0.39, 0.29) is 43.2 Å². The van der Waals surface area contributed by atoms with Crippen LogP contribution in [0.15, 0.2) is 0 Å². The van der Waals surface area contributed by atoms with E-state index >= 15 is 0 Å². The van der Waals surface area contributed by atoms with Crippen LogP contribution in [-0.4, -0.2) is 74.1 Å². The number of carbonyl (C=O) groups excluding carboxylic acids is 7. The van der Waals surface area contributed by atoms with E-state index in [4.69, 9.17) is 19.9 Å². The summed E-state index contributed by atoms with van der Waals surface area (Å²) in [6.07, 6.45) is 0. The fraction of sp³-hybridized carbons (Fsp3) is 0.435. The number of amides is 2. The molecule has 0 spiro atoms. The Kier molecular flexibility index (Phi) is 17.8. The van der Waals surface area contributed by atoms with E-state index in [1.165, 1.54) is 34.6 Å². The zero-order chi connectivity index (χ0) is 31.2. The van der Waals surface area contributed by atoms with Gasteiger partial charge >= 0.3 is 29.8 Å². The van der Waals surface area contributed by atoms with Crippen LogP contribution in [0, 0.1) is 10.7 Å². The van der Waals surface area contributed by atoms with Crippen molar-refractivity contribution >= 4 is 115 Å². The number of carbonyl (C=O) groups is 7. The van der Waals surface area contributed by atoms with Gasteiger partial charge in [0, 0.05) is 38.2 Å². The summed E-state index contributed by atoms with van der Waals surface area (Å²) in [6.45, 7) is 5.68. The average molecular weight is 903 g/mol. The van der Waals surface area contributed by atoms with Crippen LogP contribution in [-0.2, 0) is 42.9 Å². The zero-order valence-corrected chi connectivity index (χ0v) is 28.6.